The standard InChI is InChI=1S/C13H16BrN3O2/c1-10(2)16(7-3-6-15)9-11-4-5-12(17(18)19)8-13(11)14/h4-5,8,10H,3,7,9H2,1-2H3. The Kier molecular flexibility index (Phi) is 5.93. The fourth-order valence-electron chi connectivity index (χ4n) is 1.71. The zero-order valence-electron chi connectivity index (χ0n) is 11.0. The molecule has 1 aromatic carbocycles. The molecule has 0 saturated heterocycles. The van der Waals surface area contributed by atoms with Crippen molar-refractivity contribution in [2.24, 2.45) is 0 Å². The molecule has 1 aromatic rings. The van der Waals surface area contributed by atoms with Crippen molar-refractivity contribution >= 4 is 21.6 Å². The van der Waals surface area contributed by atoms with Crippen LogP contribution in [0.1, 0.15) is 25.8 Å². The van der Waals surface area contributed by atoms with Gasteiger partial charge in [-0.3, -0.25) is 15.0 Å². The van der Waals surface area contributed by atoms with Crippen molar-refractivity contribution < 1.29 is 4.92 Å². The van der Waals surface area contributed by atoms with Gasteiger partial charge in [-0.1, -0.05) is 15.9 Å². The molecule has 102 valence electrons. The van der Waals surface area contributed by atoms with Crippen molar-refractivity contribution in [1.29, 1.82) is 5.26 Å². The molecule has 19 heavy (non-hydrogen) atoms. The minimum atomic E-state index is -0.412. The van der Waals surface area contributed by atoms with Crippen LogP contribution in [0.25, 0.3) is 0 Å². The molecule has 0 unspecified atom stereocenters. The summed E-state index contributed by atoms with van der Waals surface area (Å²) in [5.41, 5.74) is 1.06. The molecule has 5 nitrogen and oxygen atoms in total. The summed E-state index contributed by atoms with van der Waals surface area (Å²) < 4.78 is 0.726. The van der Waals surface area contributed by atoms with Gasteiger partial charge in [-0.2, -0.15) is 5.26 Å². The van der Waals surface area contributed by atoms with Gasteiger partial charge in [0.15, 0.2) is 0 Å². The minimum absolute atomic E-state index is 0.0729. The van der Waals surface area contributed by atoms with E-state index in [9.17, 15) is 10.1 Å². The van der Waals surface area contributed by atoms with Crippen LogP contribution in [-0.4, -0.2) is 22.4 Å². The maximum Gasteiger partial charge on any atom is 0.270 e. The highest BCUT2D eigenvalue weighted by molar-refractivity contribution is 9.10. The van der Waals surface area contributed by atoms with E-state index >= 15 is 0 Å². The van der Waals surface area contributed by atoms with Crippen molar-refractivity contribution in [3.05, 3.63) is 38.3 Å². The van der Waals surface area contributed by atoms with Gasteiger partial charge in [0.25, 0.3) is 5.69 Å². The number of halogens is 1. The molecule has 0 radical (unpaired) electrons. The zero-order chi connectivity index (χ0) is 14.4. The minimum Gasteiger partial charge on any atom is -0.296 e. The zero-order valence-corrected chi connectivity index (χ0v) is 12.6. The summed E-state index contributed by atoms with van der Waals surface area (Å²) in [5, 5.41) is 19.3. The number of nitro benzene ring substituents is 1. The Morgan fingerprint density at radius 1 is 1.53 bits per heavy atom. The third-order valence-electron chi connectivity index (χ3n) is 2.86. The van der Waals surface area contributed by atoms with Crippen LogP contribution in [-0.2, 0) is 6.54 Å². The first-order valence-electron chi connectivity index (χ1n) is 5.99. The van der Waals surface area contributed by atoms with E-state index in [0.29, 0.717) is 25.6 Å². The van der Waals surface area contributed by atoms with Crippen LogP contribution in [0.15, 0.2) is 22.7 Å². The lowest BCUT2D eigenvalue weighted by atomic mass is 10.1. The highest BCUT2D eigenvalue weighted by Crippen LogP contribution is 2.24. The van der Waals surface area contributed by atoms with Gasteiger partial charge in [-0.05, 0) is 25.5 Å². The second-order valence-corrected chi connectivity index (χ2v) is 5.36. The first kappa shape index (κ1) is 15.6. The predicted octanol–water partition coefficient (Wildman–Crippen LogP) is 3.48. The molecular formula is C13H16BrN3O2. The summed E-state index contributed by atoms with van der Waals surface area (Å²) in [6.07, 6.45) is 0.475. The number of rotatable bonds is 6. The molecule has 0 atom stereocenters. The summed E-state index contributed by atoms with van der Waals surface area (Å²) in [6, 6.07) is 7.22. The summed E-state index contributed by atoms with van der Waals surface area (Å²) in [5.74, 6) is 0. The normalized spacial score (nSPS) is 10.7. The molecular weight excluding hydrogens is 310 g/mol. The molecule has 6 heteroatoms. The summed E-state index contributed by atoms with van der Waals surface area (Å²) >= 11 is 3.37. The number of benzene rings is 1. The quantitative estimate of drug-likeness (QED) is 0.593. The predicted molar refractivity (Wildman–Crippen MR) is 76.6 cm³/mol. The topological polar surface area (TPSA) is 70.2 Å². The number of hydrogen-bond donors (Lipinski definition) is 0. The molecule has 0 N–H and O–H groups in total. The van der Waals surface area contributed by atoms with Crippen LogP contribution < -0.4 is 0 Å². The van der Waals surface area contributed by atoms with Crippen LogP contribution in [0.2, 0.25) is 0 Å². The Morgan fingerprint density at radius 2 is 2.21 bits per heavy atom. The van der Waals surface area contributed by atoms with Gasteiger partial charge in [0, 0.05) is 42.2 Å². The largest absolute Gasteiger partial charge is 0.296 e. The van der Waals surface area contributed by atoms with Crippen molar-refractivity contribution in [2.45, 2.75) is 32.9 Å². The smallest absolute Gasteiger partial charge is 0.270 e. The third-order valence-corrected chi connectivity index (χ3v) is 3.60. The summed E-state index contributed by atoms with van der Waals surface area (Å²) in [7, 11) is 0. The SMILES string of the molecule is CC(C)N(CCC#N)Cc1ccc([N+](=O)[O-])cc1Br. The number of hydrogen-bond acceptors (Lipinski definition) is 4. The fourth-order valence-corrected chi connectivity index (χ4v) is 2.20. The van der Waals surface area contributed by atoms with E-state index in [2.05, 4.69) is 40.7 Å². The van der Waals surface area contributed by atoms with E-state index in [4.69, 9.17) is 5.26 Å². The van der Waals surface area contributed by atoms with E-state index in [1.54, 1.807) is 6.07 Å². The molecule has 0 aliphatic rings. The Bertz CT molecular complexity index is 497. The number of non-ortho nitro benzene ring substituents is 1. The van der Waals surface area contributed by atoms with Gasteiger partial charge < -0.3 is 0 Å². The molecule has 0 saturated carbocycles. The number of nitrogens with zero attached hydrogens (tertiary/aromatic N) is 3. The van der Waals surface area contributed by atoms with Gasteiger partial charge in [0.05, 0.1) is 11.0 Å². The first-order valence-corrected chi connectivity index (χ1v) is 6.78. The van der Waals surface area contributed by atoms with Crippen molar-refractivity contribution in [2.75, 3.05) is 6.54 Å². The van der Waals surface area contributed by atoms with E-state index in [1.165, 1.54) is 12.1 Å². The summed E-state index contributed by atoms with van der Waals surface area (Å²) in [4.78, 5) is 12.4. The maximum absolute atomic E-state index is 10.7. The van der Waals surface area contributed by atoms with Crippen LogP contribution in [0.5, 0.6) is 0 Å². The Labute approximate surface area is 121 Å². The summed E-state index contributed by atoms with van der Waals surface area (Å²) in [6.45, 7) is 5.49. The maximum atomic E-state index is 10.7. The highest BCUT2D eigenvalue weighted by atomic mass is 79.9. The average Bonchev–Trinajstić information content (AvgIpc) is 2.35. The van der Waals surface area contributed by atoms with E-state index < -0.39 is 4.92 Å². The lowest BCUT2D eigenvalue weighted by Crippen LogP contribution is -2.31. The molecule has 0 spiro atoms. The van der Waals surface area contributed by atoms with E-state index in [0.717, 1.165) is 10.0 Å². The van der Waals surface area contributed by atoms with E-state index in [1.807, 2.05) is 0 Å². The third kappa shape index (κ3) is 4.62. The first-order chi connectivity index (χ1) is 8.95. The molecule has 0 heterocycles. The molecule has 0 bridgehead atoms. The van der Waals surface area contributed by atoms with Gasteiger partial charge >= 0.3 is 0 Å². The molecule has 0 aliphatic carbocycles. The average molecular weight is 326 g/mol. The van der Waals surface area contributed by atoms with Crippen LogP contribution >= 0.6 is 15.9 Å². The van der Waals surface area contributed by atoms with Crippen LogP contribution in [0, 0.1) is 21.4 Å². The highest BCUT2D eigenvalue weighted by Gasteiger charge is 2.14. The lowest BCUT2D eigenvalue weighted by Gasteiger charge is -2.25. The Morgan fingerprint density at radius 3 is 2.68 bits per heavy atom. The van der Waals surface area contributed by atoms with Gasteiger partial charge in [0.2, 0.25) is 0 Å². The molecule has 1 rings (SSSR count). The van der Waals surface area contributed by atoms with Gasteiger partial charge in [0.1, 0.15) is 0 Å². The second kappa shape index (κ2) is 7.22. The number of nitro groups is 1. The molecule has 0 aliphatic heterocycles. The van der Waals surface area contributed by atoms with E-state index in [-0.39, 0.29) is 5.69 Å². The Balaban J connectivity index is 2.85. The van der Waals surface area contributed by atoms with Gasteiger partial charge in [-0.25, -0.2) is 0 Å². The Hall–Kier alpha value is -1.45. The molecule has 0 fully saturated rings. The fraction of sp³-hybridized carbons (Fsp3) is 0.462. The lowest BCUT2D eigenvalue weighted by molar-refractivity contribution is -0.384. The molecule has 0 amide bonds. The number of nitriles is 1. The monoisotopic (exact) mass is 325 g/mol. The molecule has 0 aromatic heterocycles. The van der Waals surface area contributed by atoms with Crippen LogP contribution in [0.3, 0.4) is 0 Å². The second-order valence-electron chi connectivity index (χ2n) is 4.51. The van der Waals surface area contributed by atoms with Crippen molar-refractivity contribution in [3.8, 4) is 6.07 Å². The van der Waals surface area contributed by atoms with Crippen molar-refractivity contribution in [3.63, 3.8) is 0 Å². The van der Waals surface area contributed by atoms with Gasteiger partial charge in [-0.15, -0.1) is 0 Å². The van der Waals surface area contributed by atoms with Crippen molar-refractivity contribution in [1.82, 2.24) is 4.90 Å². The van der Waals surface area contributed by atoms with Crippen LogP contribution in [0.4, 0.5) is 5.69 Å².